The lowest BCUT2D eigenvalue weighted by atomic mass is 10.1. The molecule has 220 valence electrons. The van der Waals surface area contributed by atoms with Gasteiger partial charge in [0.05, 0.1) is 24.8 Å². The van der Waals surface area contributed by atoms with Gasteiger partial charge in [0, 0.05) is 29.2 Å². The number of sulfonamides is 1. The van der Waals surface area contributed by atoms with Crippen molar-refractivity contribution in [3.05, 3.63) is 82.3 Å². The monoisotopic (exact) mass is 621 g/mol. The van der Waals surface area contributed by atoms with Crippen LogP contribution in [0, 0.1) is 0 Å². The van der Waals surface area contributed by atoms with Crippen molar-refractivity contribution < 1.29 is 27.5 Å². The third kappa shape index (κ3) is 7.84. The SMILES string of the molecule is CCNC(=O)C(CC)N(Cc1ccc(Cl)cc1)C(=O)CN(c1ccc(Cl)cc1)S(=O)(=O)c1ccc(OC)c(OC)c1. The molecule has 0 aliphatic carbocycles. The number of nitrogens with one attached hydrogen (secondary N) is 1. The molecule has 0 spiro atoms. The van der Waals surface area contributed by atoms with Crippen LogP contribution in [0.25, 0.3) is 0 Å². The number of anilines is 1. The first kappa shape index (κ1) is 32.0. The topological polar surface area (TPSA) is 105 Å². The van der Waals surface area contributed by atoms with Crippen molar-refractivity contribution in [2.24, 2.45) is 0 Å². The van der Waals surface area contributed by atoms with Gasteiger partial charge >= 0.3 is 0 Å². The molecule has 41 heavy (non-hydrogen) atoms. The predicted molar refractivity (Wildman–Crippen MR) is 160 cm³/mol. The number of carbonyl (C=O) groups excluding carboxylic acids is 2. The molecule has 0 aromatic heterocycles. The fourth-order valence-electron chi connectivity index (χ4n) is 4.24. The average Bonchev–Trinajstić information content (AvgIpc) is 2.96. The fourth-order valence-corrected chi connectivity index (χ4v) is 5.92. The molecule has 12 heteroatoms. The second kappa shape index (κ2) is 14.4. The smallest absolute Gasteiger partial charge is 0.264 e. The summed E-state index contributed by atoms with van der Waals surface area (Å²) in [5.41, 5.74) is 0.946. The van der Waals surface area contributed by atoms with Gasteiger partial charge in [-0.1, -0.05) is 42.3 Å². The molecular formula is C29H33Cl2N3O6S. The third-order valence-electron chi connectivity index (χ3n) is 6.34. The Bertz CT molecular complexity index is 1450. The van der Waals surface area contributed by atoms with E-state index in [2.05, 4.69) is 5.32 Å². The normalized spacial score (nSPS) is 11.9. The molecule has 3 rings (SSSR count). The Balaban J connectivity index is 2.09. The maximum atomic E-state index is 14.0. The summed E-state index contributed by atoms with van der Waals surface area (Å²) >= 11 is 12.1. The summed E-state index contributed by atoms with van der Waals surface area (Å²) in [6.07, 6.45) is 0.314. The summed E-state index contributed by atoms with van der Waals surface area (Å²) < 4.78 is 39.6. The third-order valence-corrected chi connectivity index (χ3v) is 8.61. The highest BCUT2D eigenvalue weighted by molar-refractivity contribution is 7.92. The average molecular weight is 623 g/mol. The van der Waals surface area contributed by atoms with E-state index >= 15 is 0 Å². The van der Waals surface area contributed by atoms with E-state index in [4.69, 9.17) is 32.7 Å². The zero-order valence-corrected chi connectivity index (χ0v) is 25.6. The molecule has 0 bridgehead atoms. The minimum atomic E-state index is -4.31. The number of amides is 2. The molecule has 9 nitrogen and oxygen atoms in total. The number of benzene rings is 3. The van der Waals surface area contributed by atoms with Crippen LogP contribution in [0.4, 0.5) is 5.69 Å². The quantitative estimate of drug-likeness (QED) is 0.283. The van der Waals surface area contributed by atoms with Gasteiger partial charge in [-0.3, -0.25) is 13.9 Å². The Hall–Kier alpha value is -3.47. The predicted octanol–water partition coefficient (Wildman–Crippen LogP) is 5.15. The van der Waals surface area contributed by atoms with Gasteiger partial charge in [0.25, 0.3) is 10.0 Å². The minimum Gasteiger partial charge on any atom is -0.493 e. The summed E-state index contributed by atoms with van der Waals surface area (Å²) in [5, 5.41) is 3.69. The van der Waals surface area contributed by atoms with Crippen LogP contribution in [0.15, 0.2) is 71.6 Å². The molecule has 0 aliphatic heterocycles. The highest BCUT2D eigenvalue weighted by Gasteiger charge is 2.34. The molecule has 2 amide bonds. The number of nitrogens with zero attached hydrogens (tertiary/aromatic N) is 2. The van der Waals surface area contributed by atoms with Crippen LogP contribution in [-0.4, -0.2) is 58.5 Å². The van der Waals surface area contributed by atoms with Crippen LogP contribution in [0.1, 0.15) is 25.8 Å². The second-order valence-corrected chi connectivity index (χ2v) is 11.7. The van der Waals surface area contributed by atoms with Gasteiger partial charge in [0.15, 0.2) is 11.5 Å². The summed E-state index contributed by atoms with van der Waals surface area (Å²) in [5.74, 6) is -0.347. The lowest BCUT2D eigenvalue weighted by molar-refractivity contribution is -0.140. The summed E-state index contributed by atoms with van der Waals surface area (Å²) in [4.78, 5) is 28.3. The zero-order chi connectivity index (χ0) is 30.2. The minimum absolute atomic E-state index is 0.0660. The fraction of sp³-hybridized carbons (Fsp3) is 0.310. The van der Waals surface area contributed by atoms with Gasteiger partial charge in [0.2, 0.25) is 11.8 Å². The number of halogens is 2. The molecule has 3 aromatic carbocycles. The van der Waals surface area contributed by atoms with Gasteiger partial charge in [-0.05, 0) is 67.4 Å². The van der Waals surface area contributed by atoms with E-state index in [1.165, 1.54) is 61.6 Å². The molecule has 1 atom stereocenters. The first-order chi connectivity index (χ1) is 19.5. The Kier molecular flexibility index (Phi) is 11.3. The molecule has 1 unspecified atom stereocenters. The van der Waals surface area contributed by atoms with E-state index in [-0.39, 0.29) is 28.8 Å². The number of likely N-dealkylation sites (N-methyl/N-ethyl adjacent to an activating group) is 1. The number of ether oxygens (including phenoxy) is 2. The van der Waals surface area contributed by atoms with Crippen LogP contribution in [0.5, 0.6) is 11.5 Å². The van der Waals surface area contributed by atoms with E-state index in [0.29, 0.717) is 28.8 Å². The Morgan fingerprint density at radius 3 is 2.00 bits per heavy atom. The lowest BCUT2D eigenvalue weighted by Gasteiger charge is -2.33. The van der Waals surface area contributed by atoms with Crippen LogP contribution >= 0.6 is 23.2 Å². The van der Waals surface area contributed by atoms with E-state index in [0.717, 1.165) is 9.87 Å². The highest BCUT2D eigenvalue weighted by Crippen LogP contribution is 2.33. The molecule has 1 N–H and O–H groups in total. The van der Waals surface area contributed by atoms with Gasteiger partial charge in [-0.15, -0.1) is 0 Å². The maximum Gasteiger partial charge on any atom is 0.264 e. The van der Waals surface area contributed by atoms with Crippen molar-refractivity contribution in [2.45, 2.75) is 37.8 Å². The number of hydrogen-bond acceptors (Lipinski definition) is 6. The zero-order valence-electron chi connectivity index (χ0n) is 23.3. The van der Waals surface area contributed by atoms with Crippen LogP contribution in [0.2, 0.25) is 10.0 Å². The molecule has 0 heterocycles. The van der Waals surface area contributed by atoms with Gasteiger partial charge in [-0.25, -0.2) is 8.42 Å². The highest BCUT2D eigenvalue weighted by atomic mass is 35.5. The summed E-state index contributed by atoms with van der Waals surface area (Å²) in [7, 11) is -1.46. The first-order valence-corrected chi connectivity index (χ1v) is 15.1. The molecule has 0 radical (unpaired) electrons. The van der Waals surface area contributed by atoms with Crippen molar-refractivity contribution >= 4 is 50.7 Å². The van der Waals surface area contributed by atoms with E-state index in [1.807, 2.05) is 0 Å². The lowest BCUT2D eigenvalue weighted by Crippen LogP contribution is -2.52. The van der Waals surface area contributed by atoms with Crippen molar-refractivity contribution in [1.29, 1.82) is 0 Å². The van der Waals surface area contributed by atoms with E-state index in [9.17, 15) is 18.0 Å². The van der Waals surface area contributed by atoms with Gasteiger partial charge < -0.3 is 19.7 Å². The summed E-state index contributed by atoms with van der Waals surface area (Å²) in [6.45, 7) is 3.44. The molecular weight excluding hydrogens is 589 g/mol. The van der Waals surface area contributed by atoms with Crippen molar-refractivity contribution in [1.82, 2.24) is 10.2 Å². The van der Waals surface area contributed by atoms with E-state index in [1.54, 1.807) is 38.1 Å². The molecule has 0 saturated carbocycles. The Morgan fingerprint density at radius 1 is 0.878 bits per heavy atom. The number of rotatable bonds is 13. The van der Waals surface area contributed by atoms with E-state index < -0.39 is 28.5 Å². The number of methoxy groups -OCH3 is 2. The Morgan fingerprint density at radius 2 is 1.46 bits per heavy atom. The van der Waals surface area contributed by atoms with Gasteiger partial charge in [0.1, 0.15) is 12.6 Å². The number of hydrogen-bond donors (Lipinski definition) is 1. The standard InChI is InChI=1S/C29H33Cl2N3O6S/c1-5-25(29(36)32-6-2)33(18-20-7-9-21(30)10-8-20)28(35)19-34(23-13-11-22(31)12-14-23)41(37,38)24-15-16-26(39-3)27(17-24)40-4/h7-17,25H,5-6,18-19H2,1-4H3,(H,32,36). The van der Waals surface area contributed by atoms with Crippen LogP contribution in [0.3, 0.4) is 0 Å². The molecule has 0 aliphatic rings. The first-order valence-electron chi connectivity index (χ1n) is 12.9. The van der Waals surface area contributed by atoms with Crippen molar-refractivity contribution in [3.8, 4) is 11.5 Å². The van der Waals surface area contributed by atoms with Crippen molar-refractivity contribution in [3.63, 3.8) is 0 Å². The number of carbonyl (C=O) groups is 2. The second-order valence-electron chi connectivity index (χ2n) is 8.97. The van der Waals surface area contributed by atoms with Crippen molar-refractivity contribution in [2.75, 3.05) is 31.6 Å². The molecule has 0 saturated heterocycles. The summed E-state index contributed by atoms with van der Waals surface area (Å²) in [6, 6.07) is 16.3. The maximum absolute atomic E-state index is 14.0. The largest absolute Gasteiger partial charge is 0.493 e. The van der Waals surface area contributed by atoms with Crippen LogP contribution in [-0.2, 0) is 26.2 Å². The molecule has 3 aromatic rings. The van der Waals surface area contributed by atoms with Crippen LogP contribution < -0.4 is 19.1 Å². The van der Waals surface area contributed by atoms with Gasteiger partial charge in [-0.2, -0.15) is 0 Å². The Labute approximate surface area is 251 Å². The molecule has 0 fully saturated rings.